The molecule has 6 nitrogen and oxygen atoms in total. The van der Waals surface area contributed by atoms with Gasteiger partial charge in [-0.1, -0.05) is 13.0 Å². The highest BCUT2D eigenvalue weighted by molar-refractivity contribution is 5.94. The molecule has 0 bridgehead atoms. The second-order valence-corrected chi connectivity index (χ2v) is 3.98. The molecule has 106 valence electrons. The van der Waals surface area contributed by atoms with E-state index < -0.39 is 4.92 Å². The Balaban J connectivity index is 0.00000324. The largest absolute Gasteiger partial charge is 0.350 e. The zero-order valence-electron chi connectivity index (χ0n) is 10.9. The number of benzene rings is 1. The molecule has 0 spiro atoms. The Hall–Kier alpha value is -1.66. The maximum absolute atomic E-state index is 11.8. The van der Waals surface area contributed by atoms with Crippen molar-refractivity contribution >= 4 is 24.0 Å². The molecule has 0 aliphatic rings. The summed E-state index contributed by atoms with van der Waals surface area (Å²) in [6, 6.07) is 5.85. The van der Waals surface area contributed by atoms with E-state index in [1.165, 1.54) is 18.2 Å². The molecule has 0 radical (unpaired) electrons. The number of amides is 1. The van der Waals surface area contributed by atoms with Gasteiger partial charge in [0.15, 0.2) is 0 Å². The van der Waals surface area contributed by atoms with E-state index in [1.807, 2.05) is 13.8 Å². The van der Waals surface area contributed by atoms with Crippen LogP contribution in [0.4, 0.5) is 5.69 Å². The smallest absolute Gasteiger partial charge is 0.270 e. The first-order valence-electron chi connectivity index (χ1n) is 5.80. The van der Waals surface area contributed by atoms with Crippen LogP contribution in [0.15, 0.2) is 24.3 Å². The van der Waals surface area contributed by atoms with Gasteiger partial charge in [-0.3, -0.25) is 14.9 Å². The first-order chi connectivity index (χ1) is 8.54. The van der Waals surface area contributed by atoms with Gasteiger partial charge in [0.25, 0.3) is 11.6 Å². The van der Waals surface area contributed by atoms with Crippen molar-refractivity contribution in [3.63, 3.8) is 0 Å². The molecule has 0 unspecified atom stereocenters. The van der Waals surface area contributed by atoms with E-state index in [1.54, 1.807) is 6.07 Å². The van der Waals surface area contributed by atoms with Crippen LogP contribution in [0, 0.1) is 10.1 Å². The molecule has 1 aromatic carbocycles. The molecule has 0 aromatic heterocycles. The Labute approximate surface area is 118 Å². The summed E-state index contributed by atoms with van der Waals surface area (Å²) >= 11 is 0. The van der Waals surface area contributed by atoms with Gasteiger partial charge in [0.1, 0.15) is 0 Å². The van der Waals surface area contributed by atoms with Crippen LogP contribution in [0.2, 0.25) is 0 Å². The van der Waals surface area contributed by atoms with E-state index >= 15 is 0 Å². The van der Waals surface area contributed by atoms with Crippen LogP contribution in [0.3, 0.4) is 0 Å². The molecule has 0 saturated heterocycles. The minimum absolute atomic E-state index is 0. The molecule has 0 aliphatic heterocycles. The quantitative estimate of drug-likeness (QED) is 0.616. The third-order valence-electron chi connectivity index (χ3n) is 2.44. The van der Waals surface area contributed by atoms with Crippen molar-refractivity contribution in [3.05, 3.63) is 39.9 Å². The highest BCUT2D eigenvalue weighted by Crippen LogP contribution is 2.12. The van der Waals surface area contributed by atoms with E-state index in [9.17, 15) is 14.9 Å². The van der Waals surface area contributed by atoms with Gasteiger partial charge in [-0.15, -0.1) is 12.4 Å². The average molecular weight is 288 g/mol. The number of nitrogens with one attached hydrogen (secondary N) is 2. The van der Waals surface area contributed by atoms with E-state index in [0.29, 0.717) is 12.1 Å². The fraction of sp³-hybridized carbons (Fsp3) is 0.417. The van der Waals surface area contributed by atoms with Gasteiger partial charge in [0, 0.05) is 30.3 Å². The number of carbonyl (C=O) groups is 1. The van der Waals surface area contributed by atoms with E-state index in [-0.39, 0.29) is 30.0 Å². The highest BCUT2D eigenvalue weighted by atomic mass is 35.5. The first-order valence-corrected chi connectivity index (χ1v) is 5.80. The van der Waals surface area contributed by atoms with Crippen molar-refractivity contribution in [2.45, 2.75) is 19.9 Å². The Morgan fingerprint density at radius 1 is 1.47 bits per heavy atom. The molecule has 19 heavy (non-hydrogen) atoms. The molecule has 2 N–H and O–H groups in total. The van der Waals surface area contributed by atoms with Crippen LogP contribution in [0.1, 0.15) is 24.2 Å². The minimum atomic E-state index is -0.516. The van der Waals surface area contributed by atoms with Crippen LogP contribution in [0.25, 0.3) is 0 Å². The number of rotatable bonds is 6. The lowest BCUT2D eigenvalue weighted by molar-refractivity contribution is -0.384. The first kappa shape index (κ1) is 17.3. The molecule has 1 rings (SSSR count). The van der Waals surface area contributed by atoms with E-state index in [0.717, 1.165) is 6.54 Å². The predicted molar refractivity (Wildman–Crippen MR) is 75.8 cm³/mol. The van der Waals surface area contributed by atoms with Crippen molar-refractivity contribution in [1.82, 2.24) is 10.6 Å². The van der Waals surface area contributed by atoms with Crippen molar-refractivity contribution in [3.8, 4) is 0 Å². The number of hydrogen-bond donors (Lipinski definition) is 2. The number of nitrogens with zero attached hydrogens (tertiary/aromatic N) is 1. The molecular formula is C12H18ClN3O3. The molecule has 0 heterocycles. The predicted octanol–water partition coefficient (Wildman–Crippen LogP) is 1.74. The molecule has 1 aromatic rings. The number of nitro benzene ring substituents is 1. The second kappa shape index (κ2) is 8.44. The lowest BCUT2D eigenvalue weighted by Crippen LogP contribution is -2.38. The Bertz CT molecular complexity index is 440. The second-order valence-electron chi connectivity index (χ2n) is 3.98. The summed E-state index contributed by atoms with van der Waals surface area (Å²) in [5.74, 6) is -0.302. The van der Waals surface area contributed by atoms with Gasteiger partial charge >= 0.3 is 0 Å². The van der Waals surface area contributed by atoms with Crippen LogP contribution >= 0.6 is 12.4 Å². The van der Waals surface area contributed by atoms with Crippen LogP contribution in [-0.2, 0) is 0 Å². The molecule has 1 amide bonds. The maximum atomic E-state index is 11.8. The van der Waals surface area contributed by atoms with Gasteiger partial charge < -0.3 is 10.6 Å². The minimum Gasteiger partial charge on any atom is -0.350 e. The Morgan fingerprint density at radius 3 is 2.74 bits per heavy atom. The Morgan fingerprint density at radius 2 is 2.16 bits per heavy atom. The van der Waals surface area contributed by atoms with Gasteiger partial charge in [-0.2, -0.15) is 0 Å². The van der Waals surface area contributed by atoms with Crippen LogP contribution in [0.5, 0.6) is 0 Å². The van der Waals surface area contributed by atoms with Gasteiger partial charge in [0.05, 0.1) is 4.92 Å². The normalized spacial score (nSPS) is 11.3. The third-order valence-corrected chi connectivity index (χ3v) is 2.44. The van der Waals surface area contributed by atoms with Crippen LogP contribution in [-0.4, -0.2) is 30.0 Å². The average Bonchev–Trinajstić information content (AvgIpc) is 2.36. The fourth-order valence-electron chi connectivity index (χ4n) is 1.53. The molecule has 7 heteroatoms. The zero-order chi connectivity index (χ0) is 13.5. The van der Waals surface area contributed by atoms with Gasteiger partial charge in [-0.25, -0.2) is 0 Å². The number of carbonyl (C=O) groups excluding carboxylic acids is 1. The summed E-state index contributed by atoms with van der Waals surface area (Å²) in [7, 11) is 0. The Kier molecular flexibility index (Phi) is 7.71. The van der Waals surface area contributed by atoms with E-state index in [4.69, 9.17) is 0 Å². The maximum Gasteiger partial charge on any atom is 0.270 e. The van der Waals surface area contributed by atoms with Gasteiger partial charge in [0.2, 0.25) is 0 Å². The monoisotopic (exact) mass is 287 g/mol. The van der Waals surface area contributed by atoms with E-state index in [2.05, 4.69) is 10.6 Å². The number of nitro groups is 1. The standard InChI is InChI=1S/C12H17N3O3.ClH/c1-3-13-9(2)8-14-12(16)10-5-4-6-11(7-10)15(17)18;/h4-7,9,13H,3,8H2,1-2H3,(H,14,16);1H/t9-;/m1./s1. The van der Waals surface area contributed by atoms with Gasteiger partial charge in [-0.05, 0) is 19.5 Å². The third kappa shape index (κ3) is 5.67. The van der Waals surface area contributed by atoms with Crippen molar-refractivity contribution < 1.29 is 9.72 Å². The molecular weight excluding hydrogens is 270 g/mol. The lowest BCUT2D eigenvalue weighted by Gasteiger charge is -2.13. The number of halogens is 1. The fourth-order valence-corrected chi connectivity index (χ4v) is 1.53. The summed E-state index contributed by atoms with van der Waals surface area (Å²) in [4.78, 5) is 21.8. The summed E-state index contributed by atoms with van der Waals surface area (Å²) in [6.45, 7) is 5.25. The zero-order valence-corrected chi connectivity index (χ0v) is 11.7. The summed E-state index contributed by atoms with van der Waals surface area (Å²) in [6.07, 6.45) is 0. The van der Waals surface area contributed by atoms with Crippen molar-refractivity contribution in [2.75, 3.05) is 13.1 Å². The number of non-ortho nitro benzene ring substituents is 1. The highest BCUT2D eigenvalue weighted by Gasteiger charge is 2.11. The SMILES string of the molecule is CCN[C@H](C)CNC(=O)c1cccc([N+](=O)[O-])c1.Cl. The summed E-state index contributed by atoms with van der Waals surface area (Å²) in [5, 5.41) is 16.5. The lowest BCUT2D eigenvalue weighted by atomic mass is 10.2. The number of likely N-dealkylation sites (N-methyl/N-ethyl adjacent to an activating group) is 1. The van der Waals surface area contributed by atoms with Crippen molar-refractivity contribution in [2.24, 2.45) is 0 Å². The summed E-state index contributed by atoms with van der Waals surface area (Å²) in [5.41, 5.74) is 0.218. The molecule has 0 aliphatic carbocycles. The topological polar surface area (TPSA) is 84.3 Å². The van der Waals surface area contributed by atoms with Crippen molar-refractivity contribution in [1.29, 1.82) is 0 Å². The molecule has 1 atom stereocenters. The number of hydrogen-bond acceptors (Lipinski definition) is 4. The molecule has 0 fully saturated rings. The summed E-state index contributed by atoms with van der Waals surface area (Å²) < 4.78 is 0. The van der Waals surface area contributed by atoms with Crippen LogP contribution < -0.4 is 10.6 Å². The molecule has 0 saturated carbocycles.